The Balaban J connectivity index is -0.0000000651. The highest BCUT2D eigenvalue weighted by Crippen LogP contribution is 2.06. The van der Waals surface area contributed by atoms with Crippen molar-refractivity contribution in [2.24, 2.45) is 0 Å². The SMILES string of the molecule is C=CC.C=CC.C=CCCC.C=CCCC.C=CCCCC(=O)OCC(C)F.C=CCCCC(=O)OCCC.C=CCCCC(C)=O.C=CCCCCCCC(C)=O.C=Cc1cccc(C)c1.CCC.CCC.CCC(=O)CC.CCC(C)=O.CCCCC. The molecule has 0 saturated heterocycles. The van der Waals surface area contributed by atoms with Crippen LogP contribution in [0.2, 0.25) is 0 Å². The summed E-state index contributed by atoms with van der Waals surface area (Å²) < 4.78 is 21.6. The predicted octanol–water partition coefficient (Wildman–Crippen LogP) is 25.9. The number of alkyl halides is 1. The Kier molecular flexibility index (Phi) is 159. The highest BCUT2D eigenvalue weighted by molar-refractivity contribution is 5.77. The van der Waals surface area contributed by atoms with Gasteiger partial charge in [-0.1, -0.05) is 232 Å². The van der Waals surface area contributed by atoms with Crippen LogP contribution in [0.15, 0.2) is 132 Å². The molecule has 1 atom stereocenters. The second kappa shape index (κ2) is 124. The molecule has 0 spiro atoms. The van der Waals surface area contributed by atoms with Gasteiger partial charge in [-0.2, -0.15) is 0 Å². The summed E-state index contributed by atoms with van der Waals surface area (Å²) >= 11 is 0. The normalized spacial score (nSPS) is 8.63. The van der Waals surface area contributed by atoms with Crippen molar-refractivity contribution in [1.82, 2.24) is 0 Å². The molecule has 1 aromatic carbocycles. The van der Waals surface area contributed by atoms with E-state index in [-0.39, 0.29) is 30.1 Å². The fraction of sp³-hybridized carbons (Fsp3) is 0.625. The van der Waals surface area contributed by atoms with Crippen molar-refractivity contribution < 1.29 is 42.6 Å². The van der Waals surface area contributed by atoms with Crippen molar-refractivity contribution in [3.05, 3.63) is 143 Å². The number of unbranched alkanes of at least 4 members (excludes halogenated alkanes) is 11. The van der Waals surface area contributed by atoms with Crippen LogP contribution in [0.25, 0.3) is 6.08 Å². The van der Waals surface area contributed by atoms with Gasteiger partial charge in [-0.25, -0.2) is 4.39 Å². The average Bonchev–Trinajstić information content (AvgIpc) is 3.68. The van der Waals surface area contributed by atoms with E-state index in [1.807, 2.05) is 90.1 Å². The minimum atomic E-state index is -1.08. The smallest absolute Gasteiger partial charge is 0.305 e. The molecule has 0 N–H and O–H groups in total. The van der Waals surface area contributed by atoms with E-state index in [1.54, 1.807) is 39.0 Å². The number of hydrogen-bond acceptors (Lipinski definition) is 8. The van der Waals surface area contributed by atoms with Crippen LogP contribution >= 0.6 is 0 Å². The van der Waals surface area contributed by atoms with E-state index in [0.717, 1.165) is 77.0 Å². The Labute approximate surface area is 555 Å². The summed E-state index contributed by atoms with van der Waals surface area (Å²) in [5, 5.41) is 0. The molecule has 0 fully saturated rings. The molecule has 0 aliphatic rings. The largest absolute Gasteiger partial charge is 0.466 e. The van der Waals surface area contributed by atoms with Crippen molar-refractivity contribution in [2.45, 2.75) is 318 Å². The number of rotatable bonds is 33. The van der Waals surface area contributed by atoms with Gasteiger partial charge in [0.05, 0.1) is 6.61 Å². The van der Waals surface area contributed by atoms with E-state index in [9.17, 15) is 33.2 Å². The number of ether oxygens (including phenoxy) is 2. The van der Waals surface area contributed by atoms with Crippen LogP contribution in [-0.2, 0) is 38.2 Å². The van der Waals surface area contributed by atoms with Crippen molar-refractivity contribution >= 4 is 41.1 Å². The van der Waals surface area contributed by atoms with Gasteiger partial charge in [-0.15, -0.1) is 52.6 Å². The minimum Gasteiger partial charge on any atom is -0.466 e. The van der Waals surface area contributed by atoms with E-state index in [0.29, 0.717) is 56.7 Å². The van der Waals surface area contributed by atoms with Gasteiger partial charge >= 0.3 is 11.9 Å². The Morgan fingerprint density at radius 3 is 1.02 bits per heavy atom. The molecule has 524 valence electrons. The molecule has 1 aromatic rings. The van der Waals surface area contributed by atoms with Crippen LogP contribution in [0.4, 0.5) is 4.39 Å². The molecule has 9 heteroatoms. The molecule has 0 aliphatic carbocycles. The van der Waals surface area contributed by atoms with Gasteiger partial charge in [-0.3, -0.25) is 14.4 Å². The number of carbonyl (C=O) groups excluding carboxylic acids is 6. The van der Waals surface area contributed by atoms with Crippen LogP contribution in [0.5, 0.6) is 0 Å². The number of esters is 2. The fourth-order valence-electron chi connectivity index (χ4n) is 4.67. The number of benzene rings is 1. The molecule has 89 heavy (non-hydrogen) atoms. The van der Waals surface area contributed by atoms with Crippen LogP contribution in [0.1, 0.15) is 316 Å². The standard InChI is InChI=1S/C10H18O.C9H15FO2.C9H16O2.C9H10.C7H12O.C5H10O.C5H12.2C5H10.C4H8O.2C3H8.2C3H6/c1-3-4-5-6-7-8-9-10(2)11;1-3-4-5-6-9(11)12-7-8(2)10;1-3-5-6-7-9(10)11-8-4-2;1-3-9-6-4-5-8(2)7-9;1-3-4-5-6-7(2)8;1-3-5(6)4-2;3*1-3-5-4-2;1-3-4(2)5;4*1-3-2/h3H,1,4-9H2,2H3;3,8H,1,4-7H2,2H3;3H,1,4-8H2,2H3;3-7H,1H2,2H3;3H,1,4-6H2,2H3;3-4H2,1-2H3;3-5H2,1-2H3;2*3H,1,4-5H2,2H3;3H2,1-2H3;2*3H2,1-2H3;2*3H,1H2,2H3. The van der Waals surface area contributed by atoms with Crippen LogP contribution in [-0.4, -0.2) is 54.5 Å². The molecular formula is C80H149FO8. The molecule has 0 radical (unpaired) electrons. The first kappa shape index (κ1) is 114. The molecule has 1 rings (SSSR count). The summed E-state index contributed by atoms with van der Waals surface area (Å²) in [5.74, 6) is 0.760. The van der Waals surface area contributed by atoms with E-state index in [1.165, 1.54) is 82.3 Å². The lowest BCUT2D eigenvalue weighted by molar-refractivity contribution is -0.145. The zero-order valence-electron chi connectivity index (χ0n) is 62.3. The molecule has 0 saturated carbocycles. The van der Waals surface area contributed by atoms with Crippen LogP contribution in [0, 0.1) is 6.92 Å². The number of aryl methyl sites for hydroxylation is 1. The maximum Gasteiger partial charge on any atom is 0.305 e. The first-order chi connectivity index (χ1) is 42.3. The third-order valence-electron chi connectivity index (χ3n) is 9.40. The van der Waals surface area contributed by atoms with Crippen molar-refractivity contribution in [3.8, 4) is 0 Å². The van der Waals surface area contributed by atoms with Crippen LogP contribution < -0.4 is 0 Å². The lowest BCUT2D eigenvalue weighted by atomic mass is 10.1. The lowest BCUT2D eigenvalue weighted by Crippen LogP contribution is -2.11. The van der Waals surface area contributed by atoms with Gasteiger partial charge in [0, 0.05) is 44.9 Å². The molecule has 0 aliphatic heterocycles. The molecular weight excluding hydrogens is 1110 g/mol. The third-order valence-corrected chi connectivity index (χ3v) is 9.40. The Hall–Kier alpha value is -5.57. The maximum absolute atomic E-state index is 12.2. The van der Waals surface area contributed by atoms with E-state index in [2.05, 4.69) is 138 Å². The summed E-state index contributed by atoms with van der Waals surface area (Å²) in [7, 11) is 0. The van der Waals surface area contributed by atoms with Gasteiger partial charge in [0.1, 0.15) is 35.9 Å². The number of hydrogen-bond donors (Lipinski definition) is 0. The molecule has 0 heterocycles. The molecule has 0 aromatic heterocycles. The van der Waals surface area contributed by atoms with E-state index >= 15 is 0 Å². The highest BCUT2D eigenvalue weighted by atomic mass is 19.1. The second-order valence-corrected chi connectivity index (χ2v) is 20.0. The number of ketones is 4. The Morgan fingerprint density at radius 2 is 0.787 bits per heavy atom. The zero-order valence-corrected chi connectivity index (χ0v) is 62.3. The first-order valence-corrected chi connectivity index (χ1v) is 33.8. The Morgan fingerprint density at radius 1 is 0.449 bits per heavy atom. The third kappa shape index (κ3) is 210. The van der Waals surface area contributed by atoms with Crippen molar-refractivity contribution in [2.75, 3.05) is 13.2 Å². The van der Waals surface area contributed by atoms with E-state index in [4.69, 9.17) is 4.74 Å². The quantitative estimate of drug-likeness (QED) is 0.0388. The summed E-state index contributed by atoms with van der Waals surface area (Å²) in [6.07, 6.45) is 43.1. The van der Waals surface area contributed by atoms with Gasteiger partial charge < -0.3 is 23.9 Å². The monoisotopic (exact) mass is 1260 g/mol. The summed E-state index contributed by atoms with van der Waals surface area (Å²) in [4.78, 5) is 62.4. The van der Waals surface area contributed by atoms with Crippen molar-refractivity contribution in [3.63, 3.8) is 0 Å². The maximum atomic E-state index is 12.2. The topological polar surface area (TPSA) is 121 Å². The number of allylic oxidation sites excluding steroid dienone is 8. The predicted molar refractivity (Wildman–Crippen MR) is 401 cm³/mol. The summed E-state index contributed by atoms with van der Waals surface area (Å²) in [6, 6.07) is 8.26. The van der Waals surface area contributed by atoms with Crippen LogP contribution in [0.3, 0.4) is 0 Å². The first-order valence-electron chi connectivity index (χ1n) is 33.8. The molecule has 0 amide bonds. The lowest BCUT2D eigenvalue weighted by Gasteiger charge is -2.03. The summed E-state index contributed by atoms with van der Waals surface area (Å²) in [6.45, 7) is 69.1. The number of halogens is 1. The van der Waals surface area contributed by atoms with Gasteiger partial charge in [0.2, 0.25) is 0 Å². The van der Waals surface area contributed by atoms with E-state index < -0.39 is 6.17 Å². The summed E-state index contributed by atoms with van der Waals surface area (Å²) in [5.41, 5.74) is 2.47. The fourth-order valence-corrected chi connectivity index (χ4v) is 4.67. The highest BCUT2D eigenvalue weighted by Gasteiger charge is 2.04. The molecule has 0 bridgehead atoms. The molecule has 1 unspecified atom stereocenters. The van der Waals surface area contributed by atoms with Crippen molar-refractivity contribution in [1.29, 1.82) is 0 Å². The number of carbonyl (C=O) groups is 6. The number of Topliss-reactive ketones (excluding diaryl/α,β-unsaturated/α-hetero) is 4. The minimum absolute atomic E-state index is 0.0892. The second-order valence-electron chi connectivity index (χ2n) is 20.0. The zero-order chi connectivity index (χ0) is 72.0. The van der Waals surface area contributed by atoms with Gasteiger partial charge in [0.25, 0.3) is 0 Å². The van der Waals surface area contributed by atoms with Gasteiger partial charge in [-0.05, 0) is 131 Å². The average molecular weight is 1260 g/mol. The van der Waals surface area contributed by atoms with Gasteiger partial charge in [0.15, 0.2) is 0 Å². The Bertz CT molecular complexity index is 1610. The molecule has 8 nitrogen and oxygen atoms in total.